The number of nitrogens with zero attached hydrogens (tertiary/aromatic N) is 3. The molecule has 146 valence electrons. The first kappa shape index (κ1) is 18.8. The van der Waals surface area contributed by atoms with Crippen molar-refractivity contribution in [2.75, 3.05) is 0 Å². The highest BCUT2D eigenvalue weighted by Gasteiger charge is 2.13. The molecule has 0 saturated carbocycles. The summed E-state index contributed by atoms with van der Waals surface area (Å²) in [5.74, 6) is -0.936. The van der Waals surface area contributed by atoms with Crippen LogP contribution in [0.3, 0.4) is 0 Å². The molecule has 1 N–H and O–H groups in total. The summed E-state index contributed by atoms with van der Waals surface area (Å²) in [6, 6.07) is 17.5. The first-order chi connectivity index (χ1) is 14.1. The van der Waals surface area contributed by atoms with Crippen molar-refractivity contribution in [3.05, 3.63) is 95.2 Å². The van der Waals surface area contributed by atoms with Gasteiger partial charge in [0, 0.05) is 5.39 Å². The van der Waals surface area contributed by atoms with E-state index >= 15 is 0 Å². The van der Waals surface area contributed by atoms with Gasteiger partial charge in [0.1, 0.15) is 0 Å². The van der Waals surface area contributed by atoms with Crippen molar-refractivity contribution < 1.29 is 14.6 Å². The molecule has 0 aliphatic rings. The lowest BCUT2D eigenvalue weighted by Crippen LogP contribution is -2.09. The van der Waals surface area contributed by atoms with Crippen molar-refractivity contribution in [1.82, 2.24) is 14.5 Å². The summed E-state index contributed by atoms with van der Waals surface area (Å²) in [4.78, 5) is 20.4. The Labute approximate surface area is 168 Å². The second kappa shape index (κ2) is 8.24. The van der Waals surface area contributed by atoms with E-state index in [1.807, 2.05) is 41.0 Å². The normalized spacial score (nSPS) is 11.1. The number of carboxylic acid groups (broad SMARTS) is 1. The lowest BCUT2D eigenvalue weighted by molar-refractivity contribution is 0.0682. The van der Waals surface area contributed by atoms with Crippen LogP contribution in [0.4, 0.5) is 0 Å². The van der Waals surface area contributed by atoms with Gasteiger partial charge in [-0.1, -0.05) is 42.5 Å². The molecule has 2 aromatic carbocycles. The average molecular weight is 387 g/mol. The minimum atomic E-state index is -0.936. The summed E-state index contributed by atoms with van der Waals surface area (Å²) >= 11 is 0. The van der Waals surface area contributed by atoms with Gasteiger partial charge in [0.25, 0.3) is 0 Å². The van der Waals surface area contributed by atoms with Gasteiger partial charge in [-0.15, -0.1) is 0 Å². The molecule has 4 rings (SSSR count). The summed E-state index contributed by atoms with van der Waals surface area (Å²) in [7, 11) is 0. The number of rotatable bonds is 7. The molecule has 6 nitrogen and oxygen atoms in total. The fourth-order valence-corrected chi connectivity index (χ4v) is 3.40. The smallest absolute Gasteiger partial charge is 0.336 e. The van der Waals surface area contributed by atoms with Crippen molar-refractivity contribution in [1.29, 1.82) is 0 Å². The van der Waals surface area contributed by atoms with Crippen LogP contribution in [-0.4, -0.2) is 25.6 Å². The predicted molar refractivity (Wildman–Crippen MR) is 110 cm³/mol. The maximum absolute atomic E-state index is 11.5. The molecule has 2 heterocycles. The number of carboxylic acids is 1. The van der Waals surface area contributed by atoms with E-state index in [4.69, 9.17) is 9.72 Å². The number of imidazole rings is 1. The Kier molecular flexibility index (Phi) is 5.35. The van der Waals surface area contributed by atoms with E-state index in [-0.39, 0.29) is 6.61 Å². The molecule has 4 aromatic rings. The van der Waals surface area contributed by atoms with Gasteiger partial charge in [-0.05, 0) is 30.2 Å². The van der Waals surface area contributed by atoms with Crippen LogP contribution in [0.15, 0.2) is 67.1 Å². The maximum Gasteiger partial charge on any atom is 0.336 e. The SMILES string of the molecule is Cc1cccc(COCc2cncn2Cc2ccc3ccccc3n2)c1C(=O)O. The van der Waals surface area contributed by atoms with Gasteiger partial charge in [-0.3, -0.25) is 4.98 Å². The third-order valence-electron chi connectivity index (χ3n) is 4.87. The number of hydrogen-bond donors (Lipinski definition) is 1. The topological polar surface area (TPSA) is 77.2 Å². The highest BCUT2D eigenvalue weighted by atomic mass is 16.5. The number of para-hydroxylation sites is 1. The van der Waals surface area contributed by atoms with Crippen LogP contribution < -0.4 is 0 Å². The lowest BCUT2D eigenvalue weighted by Gasteiger charge is -2.11. The largest absolute Gasteiger partial charge is 0.478 e. The maximum atomic E-state index is 11.5. The number of carbonyl (C=O) groups is 1. The van der Waals surface area contributed by atoms with Crippen molar-refractivity contribution >= 4 is 16.9 Å². The number of aromatic carboxylic acids is 1. The number of ether oxygens (including phenoxy) is 1. The molecule has 0 radical (unpaired) electrons. The van der Waals surface area contributed by atoms with Gasteiger partial charge in [-0.2, -0.15) is 0 Å². The van der Waals surface area contributed by atoms with Gasteiger partial charge in [0.15, 0.2) is 0 Å². The van der Waals surface area contributed by atoms with E-state index in [1.54, 1.807) is 31.6 Å². The zero-order valence-corrected chi connectivity index (χ0v) is 16.1. The van der Waals surface area contributed by atoms with E-state index in [2.05, 4.69) is 11.1 Å². The lowest BCUT2D eigenvalue weighted by atomic mass is 10.0. The molecular weight excluding hydrogens is 366 g/mol. The molecule has 0 amide bonds. The third kappa shape index (κ3) is 4.17. The molecule has 0 atom stereocenters. The highest BCUT2D eigenvalue weighted by Crippen LogP contribution is 2.17. The van der Waals surface area contributed by atoms with E-state index < -0.39 is 5.97 Å². The molecule has 6 heteroatoms. The van der Waals surface area contributed by atoms with Gasteiger partial charge in [-0.25, -0.2) is 9.78 Å². The van der Waals surface area contributed by atoms with Crippen molar-refractivity contribution in [3.63, 3.8) is 0 Å². The van der Waals surface area contributed by atoms with Crippen molar-refractivity contribution in [2.24, 2.45) is 0 Å². The second-order valence-corrected chi connectivity index (χ2v) is 6.92. The van der Waals surface area contributed by atoms with Crippen LogP contribution in [-0.2, 0) is 24.5 Å². The number of hydrogen-bond acceptors (Lipinski definition) is 4. The molecule has 29 heavy (non-hydrogen) atoms. The molecular formula is C23H21N3O3. The minimum absolute atomic E-state index is 0.225. The number of benzene rings is 2. The van der Waals surface area contributed by atoms with Crippen molar-refractivity contribution in [2.45, 2.75) is 26.7 Å². The second-order valence-electron chi connectivity index (χ2n) is 6.92. The molecule has 0 aliphatic heterocycles. The first-order valence-corrected chi connectivity index (χ1v) is 9.35. The molecule has 0 aliphatic carbocycles. The third-order valence-corrected chi connectivity index (χ3v) is 4.87. The average Bonchev–Trinajstić information content (AvgIpc) is 3.14. The Morgan fingerprint density at radius 3 is 2.79 bits per heavy atom. The van der Waals surface area contributed by atoms with E-state index in [1.165, 1.54) is 0 Å². The zero-order valence-electron chi connectivity index (χ0n) is 16.1. The Morgan fingerprint density at radius 2 is 1.93 bits per heavy atom. The number of aromatic nitrogens is 3. The molecule has 0 spiro atoms. The van der Waals surface area contributed by atoms with Gasteiger partial charge in [0.05, 0.1) is 54.8 Å². The summed E-state index contributed by atoms with van der Waals surface area (Å²) in [5, 5.41) is 10.5. The fraction of sp³-hybridized carbons (Fsp3) is 0.174. The summed E-state index contributed by atoms with van der Waals surface area (Å²) in [5.41, 5.74) is 4.51. The van der Waals surface area contributed by atoms with Gasteiger partial charge < -0.3 is 14.4 Å². The predicted octanol–water partition coefficient (Wildman–Crippen LogP) is 4.20. The van der Waals surface area contributed by atoms with Crippen LogP contribution in [0.2, 0.25) is 0 Å². The van der Waals surface area contributed by atoms with E-state index in [0.717, 1.165) is 27.9 Å². The highest BCUT2D eigenvalue weighted by molar-refractivity contribution is 5.91. The van der Waals surface area contributed by atoms with Crippen LogP contribution in [0, 0.1) is 6.92 Å². The van der Waals surface area contributed by atoms with Gasteiger partial charge in [0.2, 0.25) is 0 Å². The Bertz CT molecular complexity index is 1170. The fourth-order valence-electron chi connectivity index (χ4n) is 3.40. The van der Waals surface area contributed by atoms with Crippen LogP contribution in [0.1, 0.15) is 32.9 Å². The summed E-state index contributed by atoms with van der Waals surface area (Å²) in [6.45, 7) is 2.94. The summed E-state index contributed by atoms with van der Waals surface area (Å²) in [6.07, 6.45) is 3.51. The van der Waals surface area contributed by atoms with Crippen LogP contribution >= 0.6 is 0 Å². The molecule has 0 fully saturated rings. The van der Waals surface area contributed by atoms with Crippen LogP contribution in [0.25, 0.3) is 10.9 Å². The van der Waals surface area contributed by atoms with Crippen LogP contribution in [0.5, 0.6) is 0 Å². The molecule has 0 saturated heterocycles. The first-order valence-electron chi connectivity index (χ1n) is 9.35. The number of fused-ring (bicyclic) bond motifs is 1. The van der Waals surface area contributed by atoms with E-state index in [0.29, 0.717) is 24.3 Å². The number of pyridine rings is 1. The van der Waals surface area contributed by atoms with Crippen molar-refractivity contribution in [3.8, 4) is 0 Å². The van der Waals surface area contributed by atoms with E-state index in [9.17, 15) is 9.90 Å². The quantitative estimate of drug-likeness (QED) is 0.514. The standard InChI is InChI=1S/C23H21N3O3/c1-16-5-4-7-18(22(16)23(27)28)13-29-14-20-11-24-15-26(20)12-19-10-9-17-6-2-3-8-21(17)25-19/h2-11,15H,12-14H2,1H3,(H,27,28). The monoisotopic (exact) mass is 387 g/mol. The number of aryl methyl sites for hydroxylation is 1. The molecule has 2 aromatic heterocycles. The summed E-state index contributed by atoms with van der Waals surface area (Å²) < 4.78 is 7.81. The Hall–Kier alpha value is -3.51. The van der Waals surface area contributed by atoms with Gasteiger partial charge >= 0.3 is 5.97 Å². The Balaban J connectivity index is 1.45. The minimum Gasteiger partial charge on any atom is -0.478 e. The molecule has 0 unspecified atom stereocenters. The Morgan fingerprint density at radius 1 is 1.07 bits per heavy atom. The molecule has 0 bridgehead atoms. The zero-order chi connectivity index (χ0) is 20.2.